The minimum atomic E-state index is 0.0187. The number of benzene rings is 1. The fraction of sp³-hybridized carbons (Fsp3) is 0.364. The highest BCUT2D eigenvalue weighted by Crippen LogP contribution is 2.11. The van der Waals surface area contributed by atoms with Gasteiger partial charge in [-0.2, -0.15) is 0 Å². The molecule has 1 amide bonds. The van der Waals surface area contributed by atoms with Gasteiger partial charge in [0.05, 0.1) is 13.0 Å². The summed E-state index contributed by atoms with van der Waals surface area (Å²) in [6.07, 6.45) is 0.406. The molecule has 0 aliphatic heterocycles. The Hall–Kier alpha value is -0.870. The van der Waals surface area contributed by atoms with Crippen LogP contribution >= 0.6 is 15.9 Å². The molecule has 0 bridgehead atoms. The summed E-state index contributed by atoms with van der Waals surface area (Å²) in [5.41, 5.74) is 0.999. The molecule has 1 rings (SSSR count). The fourth-order valence-electron chi connectivity index (χ4n) is 1.19. The number of carbonyl (C=O) groups is 1. The average Bonchev–Trinajstić information content (AvgIpc) is 2.18. The normalized spacial score (nSPS) is 10.0. The molecular weight excluding hydrogens is 258 g/mol. The van der Waals surface area contributed by atoms with Crippen LogP contribution in [0.5, 0.6) is 0 Å². The summed E-state index contributed by atoms with van der Waals surface area (Å²) in [5, 5.41) is 2.77. The molecule has 0 aliphatic rings. The average molecular weight is 272 g/mol. The van der Waals surface area contributed by atoms with E-state index in [4.69, 9.17) is 4.74 Å². The highest BCUT2D eigenvalue weighted by molar-refractivity contribution is 9.10. The topological polar surface area (TPSA) is 38.3 Å². The predicted molar refractivity (Wildman–Crippen MR) is 62.7 cm³/mol. The summed E-state index contributed by atoms with van der Waals surface area (Å²) in [6, 6.07) is 7.73. The number of hydrogen-bond acceptors (Lipinski definition) is 2. The Morgan fingerprint density at radius 2 is 2.33 bits per heavy atom. The van der Waals surface area contributed by atoms with Crippen molar-refractivity contribution in [1.29, 1.82) is 0 Å². The summed E-state index contributed by atoms with van der Waals surface area (Å²) in [4.78, 5) is 11.4. The fourth-order valence-corrected chi connectivity index (χ4v) is 1.63. The minimum absolute atomic E-state index is 0.0187. The Balaban J connectivity index is 2.37. The first kappa shape index (κ1) is 12.2. The lowest BCUT2D eigenvalue weighted by atomic mass is 10.1. The first-order valence-corrected chi connectivity index (χ1v) is 5.52. The number of hydrogen-bond donors (Lipinski definition) is 1. The number of carbonyl (C=O) groups excluding carboxylic acids is 1. The maximum absolute atomic E-state index is 11.4. The summed E-state index contributed by atoms with van der Waals surface area (Å²) in [6.45, 7) is 1.10. The van der Waals surface area contributed by atoms with Crippen molar-refractivity contribution in [3.8, 4) is 0 Å². The molecule has 0 radical (unpaired) electrons. The molecule has 0 aliphatic carbocycles. The molecule has 0 saturated heterocycles. The van der Waals surface area contributed by atoms with E-state index in [1.54, 1.807) is 7.11 Å². The third-order valence-corrected chi connectivity index (χ3v) is 2.38. The lowest BCUT2D eigenvalue weighted by Crippen LogP contribution is -2.28. The lowest BCUT2D eigenvalue weighted by Gasteiger charge is -2.04. The van der Waals surface area contributed by atoms with E-state index < -0.39 is 0 Å². The first-order valence-electron chi connectivity index (χ1n) is 4.72. The molecule has 82 valence electrons. The predicted octanol–water partition coefficient (Wildman–Crippen LogP) is 1.75. The molecule has 1 aromatic carbocycles. The summed E-state index contributed by atoms with van der Waals surface area (Å²) in [7, 11) is 1.61. The molecule has 4 heteroatoms. The van der Waals surface area contributed by atoms with Crippen molar-refractivity contribution < 1.29 is 9.53 Å². The number of halogens is 1. The Bertz CT molecular complexity index is 328. The quantitative estimate of drug-likeness (QED) is 0.829. The molecule has 0 atom stereocenters. The second kappa shape index (κ2) is 6.58. The molecule has 0 heterocycles. The number of nitrogens with one attached hydrogen (secondary N) is 1. The molecule has 0 aromatic heterocycles. The van der Waals surface area contributed by atoms with E-state index in [1.165, 1.54) is 0 Å². The van der Waals surface area contributed by atoms with Gasteiger partial charge in [-0.15, -0.1) is 0 Å². The summed E-state index contributed by atoms with van der Waals surface area (Å²) < 4.78 is 5.83. The zero-order chi connectivity index (χ0) is 11.1. The van der Waals surface area contributed by atoms with Gasteiger partial charge in [0.15, 0.2) is 0 Å². The molecule has 0 fully saturated rings. The SMILES string of the molecule is COCCNC(=O)Cc1cccc(Br)c1. The van der Waals surface area contributed by atoms with Crippen LogP contribution in [0.15, 0.2) is 28.7 Å². The maximum atomic E-state index is 11.4. The second-order valence-electron chi connectivity index (χ2n) is 3.15. The van der Waals surface area contributed by atoms with Gasteiger partial charge in [-0.05, 0) is 17.7 Å². The van der Waals surface area contributed by atoms with E-state index in [2.05, 4.69) is 21.2 Å². The lowest BCUT2D eigenvalue weighted by molar-refractivity contribution is -0.120. The van der Waals surface area contributed by atoms with Gasteiger partial charge in [0, 0.05) is 18.1 Å². The van der Waals surface area contributed by atoms with Crippen LogP contribution in [0, 0.1) is 0 Å². The van der Waals surface area contributed by atoms with Crippen LogP contribution in [0.4, 0.5) is 0 Å². The molecule has 15 heavy (non-hydrogen) atoms. The molecule has 1 N–H and O–H groups in total. The number of amides is 1. The van der Waals surface area contributed by atoms with Crippen LogP contribution in [0.2, 0.25) is 0 Å². The van der Waals surface area contributed by atoms with Crippen molar-refractivity contribution in [3.05, 3.63) is 34.3 Å². The van der Waals surface area contributed by atoms with E-state index in [1.807, 2.05) is 24.3 Å². The Kier molecular flexibility index (Phi) is 5.36. The summed E-state index contributed by atoms with van der Waals surface area (Å²) in [5.74, 6) is 0.0187. The van der Waals surface area contributed by atoms with Crippen LogP contribution in [0.1, 0.15) is 5.56 Å². The van der Waals surface area contributed by atoms with Crippen LogP contribution in [-0.4, -0.2) is 26.2 Å². The van der Waals surface area contributed by atoms with Crippen LogP contribution in [-0.2, 0) is 16.0 Å². The van der Waals surface area contributed by atoms with E-state index >= 15 is 0 Å². The van der Waals surface area contributed by atoms with E-state index in [0.717, 1.165) is 10.0 Å². The van der Waals surface area contributed by atoms with Gasteiger partial charge in [-0.1, -0.05) is 28.1 Å². The Labute approximate surface area is 97.9 Å². The van der Waals surface area contributed by atoms with Gasteiger partial charge in [0.2, 0.25) is 5.91 Å². The van der Waals surface area contributed by atoms with E-state index in [-0.39, 0.29) is 5.91 Å². The van der Waals surface area contributed by atoms with Gasteiger partial charge in [0.1, 0.15) is 0 Å². The molecule has 0 spiro atoms. The number of methoxy groups -OCH3 is 1. The third-order valence-electron chi connectivity index (χ3n) is 1.88. The highest BCUT2D eigenvalue weighted by atomic mass is 79.9. The highest BCUT2D eigenvalue weighted by Gasteiger charge is 2.02. The number of ether oxygens (including phenoxy) is 1. The van der Waals surface area contributed by atoms with Crippen molar-refractivity contribution >= 4 is 21.8 Å². The smallest absolute Gasteiger partial charge is 0.224 e. The van der Waals surface area contributed by atoms with Crippen LogP contribution in [0.3, 0.4) is 0 Å². The van der Waals surface area contributed by atoms with Crippen molar-refractivity contribution in [2.75, 3.05) is 20.3 Å². The zero-order valence-electron chi connectivity index (χ0n) is 8.63. The van der Waals surface area contributed by atoms with Gasteiger partial charge in [-0.3, -0.25) is 4.79 Å². The third kappa shape index (κ3) is 4.95. The van der Waals surface area contributed by atoms with E-state index in [9.17, 15) is 4.79 Å². The molecule has 0 unspecified atom stereocenters. The van der Waals surface area contributed by atoms with Crippen molar-refractivity contribution in [3.63, 3.8) is 0 Å². The van der Waals surface area contributed by atoms with Crippen LogP contribution < -0.4 is 5.32 Å². The standard InChI is InChI=1S/C11H14BrNO2/c1-15-6-5-13-11(14)8-9-3-2-4-10(12)7-9/h2-4,7H,5-6,8H2,1H3,(H,13,14). The first-order chi connectivity index (χ1) is 7.22. The van der Waals surface area contributed by atoms with Gasteiger partial charge in [0.25, 0.3) is 0 Å². The van der Waals surface area contributed by atoms with Crippen molar-refractivity contribution in [2.24, 2.45) is 0 Å². The molecule has 1 aromatic rings. The van der Waals surface area contributed by atoms with Gasteiger partial charge in [-0.25, -0.2) is 0 Å². The van der Waals surface area contributed by atoms with Crippen molar-refractivity contribution in [1.82, 2.24) is 5.32 Å². The van der Waals surface area contributed by atoms with Crippen LogP contribution in [0.25, 0.3) is 0 Å². The van der Waals surface area contributed by atoms with Gasteiger partial charge >= 0.3 is 0 Å². The Morgan fingerprint density at radius 3 is 3.00 bits per heavy atom. The second-order valence-corrected chi connectivity index (χ2v) is 4.07. The maximum Gasteiger partial charge on any atom is 0.224 e. The largest absolute Gasteiger partial charge is 0.383 e. The zero-order valence-corrected chi connectivity index (χ0v) is 10.2. The monoisotopic (exact) mass is 271 g/mol. The van der Waals surface area contributed by atoms with E-state index in [0.29, 0.717) is 19.6 Å². The van der Waals surface area contributed by atoms with Gasteiger partial charge < -0.3 is 10.1 Å². The molecule has 0 saturated carbocycles. The van der Waals surface area contributed by atoms with Crippen molar-refractivity contribution in [2.45, 2.75) is 6.42 Å². The Morgan fingerprint density at radius 1 is 1.53 bits per heavy atom. The molecule has 3 nitrogen and oxygen atoms in total. The minimum Gasteiger partial charge on any atom is -0.383 e. The molecular formula is C11H14BrNO2. The summed E-state index contributed by atoms with van der Waals surface area (Å²) >= 11 is 3.36. The number of rotatable bonds is 5.